The predicted octanol–water partition coefficient (Wildman–Crippen LogP) is 3.46. The molecular weight excluding hydrogens is 318 g/mol. The Morgan fingerprint density at radius 1 is 1.56 bits per heavy atom. The van der Waals surface area contributed by atoms with Crippen molar-refractivity contribution in [3.63, 3.8) is 0 Å². The standard InChI is InChI=1S/C12H16FIN2/c1-3-8(2)16-5-4-15-11-7-10(14)9(13)6-12(11)16/h6-8,15H,3-5H2,1-2H3. The summed E-state index contributed by atoms with van der Waals surface area (Å²) in [6.07, 6.45) is 1.08. The van der Waals surface area contributed by atoms with E-state index in [1.807, 2.05) is 28.7 Å². The minimum Gasteiger partial charge on any atom is -0.382 e. The Labute approximate surface area is 109 Å². The number of halogens is 2. The van der Waals surface area contributed by atoms with Crippen molar-refractivity contribution in [2.75, 3.05) is 23.3 Å². The van der Waals surface area contributed by atoms with Gasteiger partial charge in [-0.25, -0.2) is 4.39 Å². The van der Waals surface area contributed by atoms with E-state index in [1.165, 1.54) is 0 Å². The maximum Gasteiger partial charge on any atom is 0.138 e. The predicted molar refractivity (Wildman–Crippen MR) is 74.7 cm³/mol. The number of nitrogens with one attached hydrogen (secondary N) is 1. The van der Waals surface area contributed by atoms with Gasteiger partial charge in [-0.1, -0.05) is 6.92 Å². The summed E-state index contributed by atoms with van der Waals surface area (Å²) in [4.78, 5) is 2.28. The van der Waals surface area contributed by atoms with Gasteiger partial charge < -0.3 is 10.2 Å². The highest BCUT2D eigenvalue weighted by molar-refractivity contribution is 14.1. The zero-order valence-corrected chi connectivity index (χ0v) is 11.7. The van der Waals surface area contributed by atoms with Gasteiger partial charge in [-0.15, -0.1) is 0 Å². The molecule has 1 heterocycles. The van der Waals surface area contributed by atoms with Crippen molar-refractivity contribution in [1.82, 2.24) is 0 Å². The Morgan fingerprint density at radius 3 is 3.00 bits per heavy atom. The molecule has 0 spiro atoms. The van der Waals surface area contributed by atoms with Gasteiger partial charge in [-0.2, -0.15) is 0 Å². The van der Waals surface area contributed by atoms with E-state index in [4.69, 9.17) is 0 Å². The molecule has 4 heteroatoms. The maximum atomic E-state index is 13.6. The molecule has 0 aromatic heterocycles. The van der Waals surface area contributed by atoms with Gasteiger partial charge in [0, 0.05) is 25.2 Å². The van der Waals surface area contributed by atoms with Crippen molar-refractivity contribution < 1.29 is 4.39 Å². The molecule has 1 atom stereocenters. The summed E-state index contributed by atoms with van der Waals surface area (Å²) in [6, 6.07) is 4.00. The van der Waals surface area contributed by atoms with Crippen molar-refractivity contribution in [2.24, 2.45) is 0 Å². The Morgan fingerprint density at radius 2 is 2.31 bits per heavy atom. The fourth-order valence-electron chi connectivity index (χ4n) is 2.03. The molecule has 1 aromatic carbocycles. The Bertz CT molecular complexity index is 395. The first-order valence-corrected chi connectivity index (χ1v) is 6.71. The summed E-state index contributed by atoms with van der Waals surface area (Å²) in [5.41, 5.74) is 2.05. The number of hydrogen-bond donors (Lipinski definition) is 1. The molecule has 0 radical (unpaired) electrons. The first kappa shape index (κ1) is 12.0. The largest absolute Gasteiger partial charge is 0.382 e. The van der Waals surface area contributed by atoms with Crippen LogP contribution < -0.4 is 10.2 Å². The number of anilines is 2. The number of fused-ring (bicyclic) bond motifs is 1. The molecule has 0 saturated heterocycles. The molecule has 0 fully saturated rings. The van der Waals surface area contributed by atoms with Gasteiger partial charge in [0.25, 0.3) is 0 Å². The van der Waals surface area contributed by atoms with Gasteiger partial charge >= 0.3 is 0 Å². The third-order valence-corrected chi connectivity index (χ3v) is 3.97. The summed E-state index contributed by atoms with van der Waals surface area (Å²) in [7, 11) is 0. The summed E-state index contributed by atoms with van der Waals surface area (Å²) < 4.78 is 14.3. The Kier molecular flexibility index (Phi) is 3.56. The van der Waals surface area contributed by atoms with Crippen LogP contribution in [0.3, 0.4) is 0 Å². The van der Waals surface area contributed by atoms with Crippen LogP contribution in [0.2, 0.25) is 0 Å². The summed E-state index contributed by atoms with van der Waals surface area (Å²) in [6.45, 7) is 6.22. The fourth-order valence-corrected chi connectivity index (χ4v) is 2.49. The molecule has 16 heavy (non-hydrogen) atoms. The topological polar surface area (TPSA) is 15.3 Å². The highest BCUT2D eigenvalue weighted by Crippen LogP contribution is 2.33. The molecule has 1 N–H and O–H groups in total. The minimum absolute atomic E-state index is 0.128. The Balaban J connectivity index is 2.41. The fraction of sp³-hybridized carbons (Fsp3) is 0.500. The van der Waals surface area contributed by atoms with Crippen LogP contribution in [0.15, 0.2) is 12.1 Å². The van der Waals surface area contributed by atoms with Gasteiger partial charge in [0.15, 0.2) is 0 Å². The molecule has 1 unspecified atom stereocenters. The van der Waals surface area contributed by atoms with Crippen molar-refractivity contribution in [1.29, 1.82) is 0 Å². The second-order valence-corrected chi connectivity index (χ2v) is 5.32. The molecule has 0 amide bonds. The highest BCUT2D eigenvalue weighted by Gasteiger charge is 2.21. The molecular formula is C12H16FIN2. The molecule has 1 aromatic rings. The van der Waals surface area contributed by atoms with Gasteiger partial charge in [0.05, 0.1) is 14.9 Å². The van der Waals surface area contributed by atoms with E-state index in [0.29, 0.717) is 9.61 Å². The second-order valence-electron chi connectivity index (χ2n) is 4.16. The van der Waals surface area contributed by atoms with E-state index in [1.54, 1.807) is 6.07 Å². The molecule has 0 saturated carbocycles. The van der Waals surface area contributed by atoms with E-state index in [2.05, 4.69) is 24.1 Å². The molecule has 0 aliphatic carbocycles. The number of benzene rings is 1. The monoisotopic (exact) mass is 334 g/mol. The van der Waals surface area contributed by atoms with E-state index < -0.39 is 0 Å². The number of nitrogens with zero attached hydrogens (tertiary/aromatic N) is 1. The van der Waals surface area contributed by atoms with Crippen LogP contribution in [-0.2, 0) is 0 Å². The molecule has 1 aliphatic heterocycles. The molecule has 1 aliphatic rings. The number of rotatable bonds is 2. The van der Waals surface area contributed by atoms with Crippen LogP contribution in [0.25, 0.3) is 0 Å². The summed E-state index contributed by atoms with van der Waals surface area (Å²) in [5.74, 6) is -0.128. The molecule has 2 nitrogen and oxygen atoms in total. The van der Waals surface area contributed by atoms with Gasteiger partial charge in [-0.3, -0.25) is 0 Å². The molecule has 0 bridgehead atoms. The van der Waals surface area contributed by atoms with Gasteiger partial charge in [-0.05, 0) is 42.0 Å². The van der Waals surface area contributed by atoms with Crippen LogP contribution in [0.1, 0.15) is 20.3 Å². The lowest BCUT2D eigenvalue weighted by Gasteiger charge is -2.36. The SMILES string of the molecule is CCC(C)N1CCNc2cc(I)c(F)cc21. The molecule has 2 rings (SSSR count). The normalized spacial score (nSPS) is 16.6. The second kappa shape index (κ2) is 4.77. The van der Waals surface area contributed by atoms with E-state index in [9.17, 15) is 4.39 Å². The lowest BCUT2D eigenvalue weighted by atomic mass is 10.1. The third kappa shape index (κ3) is 2.12. The van der Waals surface area contributed by atoms with Crippen molar-refractivity contribution >= 4 is 34.0 Å². The zero-order chi connectivity index (χ0) is 11.7. The lowest BCUT2D eigenvalue weighted by Crippen LogP contribution is -2.40. The average Bonchev–Trinajstić information content (AvgIpc) is 2.29. The first-order valence-electron chi connectivity index (χ1n) is 5.63. The van der Waals surface area contributed by atoms with Crippen molar-refractivity contribution in [2.45, 2.75) is 26.3 Å². The van der Waals surface area contributed by atoms with Crippen molar-refractivity contribution in [3.8, 4) is 0 Å². The van der Waals surface area contributed by atoms with Crippen LogP contribution in [0.4, 0.5) is 15.8 Å². The summed E-state index contributed by atoms with van der Waals surface area (Å²) in [5, 5.41) is 3.33. The van der Waals surface area contributed by atoms with E-state index in [-0.39, 0.29) is 5.82 Å². The minimum atomic E-state index is -0.128. The van der Waals surface area contributed by atoms with Crippen LogP contribution >= 0.6 is 22.6 Å². The highest BCUT2D eigenvalue weighted by atomic mass is 127. The quantitative estimate of drug-likeness (QED) is 0.834. The van der Waals surface area contributed by atoms with Crippen LogP contribution in [0.5, 0.6) is 0 Å². The average molecular weight is 334 g/mol. The van der Waals surface area contributed by atoms with E-state index in [0.717, 1.165) is 30.9 Å². The third-order valence-electron chi connectivity index (χ3n) is 3.14. The molecule has 88 valence electrons. The number of hydrogen-bond acceptors (Lipinski definition) is 2. The lowest BCUT2D eigenvalue weighted by molar-refractivity contribution is 0.599. The van der Waals surface area contributed by atoms with Crippen LogP contribution in [-0.4, -0.2) is 19.1 Å². The first-order chi connectivity index (χ1) is 7.63. The van der Waals surface area contributed by atoms with Gasteiger partial charge in [0.1, 0.15) is 5.82 Å². The Hall–Kier alpha value is -0.520. The zero-order valence-electron chi connectivity index (χ0n) is 9.56. The van der Waals surface area contributed by atoms with Crippen molar-refractivity contribution in [3.05, 3.63) is 21.5 Å². The van der Waals surface area contributed by atoms with E-state index >= 15 is 0 Å². The summed E-state index contributed by atoms with van der Waals surface area (Å²) >= 11 is 2.03. The smallest absolute Gasteiger partial charge is 0.138 e. The maximum absolute atomic E-state index is 13.6. The van der Waals surface area contributed by atoms with Gasteiger partial charge in [0.2, 0.25) is 0 Å². The van der Waals surface area contributed by atoms with Crippen LogP contribution in [0, 0.1) is 9.39 Å².